The van der Waals surface area contributed by atoms with Crippen molar-refractivity contribution in [1.29, 1.82) is 0 Å². The second-order valence-electron chi connectivity index (χ2n) is 10.2. The summed E-state index contributed by atoms with van der Waals surface area (Å²) in [4.78, 5) is 28.5. The number of hydrogen-bond acceptors (Lipinski definition) is 5. The van der Waals surface area contributed by atoms with Crippen LogP contribution < -0.4 is 14.4 Å². The molecule has 8 nitrogen and oxygen atoms in total. The summed E-state index contributed by atoms with van der Waals surface area (Å²) < 4.78 is 48.6. The Bertz CT molecular complexity index is 1430. The molecule has 0 heterocycles. The first kappa shape index (κ1) is 30.0. The van der Waals surface area contributed by atoms with Gasteiger partial charge >= 0.3 is 0 Å². The summed E-state index contributed by atoms with van der Waals surface area (Å²) in [5, 5.41) is 3.04. The zero-order valence-corrected chi connectivity index (χ0v) is 24.1. The Kier molecular flexibility index (Phi) is 9.99. The summed E-state index contributed by atoms with van der Waals surface area (Å²) in [6.07, 6.45) is 4.89. The Morgan fingerprint density at radius 3 is 2.22 bits per heavy atom. The number of halogens is 1. The van der Waals surface area contributed by atoms with Crippen molar-refractivity contribution in [2.75, 3.05) is 18.0 Å². The molecule has 0 spiro atoms. The van der Waals surface area contributed by atoms with Crippen LogP contribution >= 0.6 is 0 Å². The summed E-state index contributed by atoms with van der Waals surface area (Å²) in [5.41, 5.74) is 0.504. The quantitative estimate of drug-likeness (QED) is 0.348. The maximum Gasteiger partial charge on any atom is 0.264 e. The van der Waals surface area contributed by atoms with Gasteiger partial charge in [-0.05, 0) is 62.2 Å². The molecule has 3 aromatic carbocycles. The maximum absolute atomic E-state index is 14.7. The summed E-state index contributed by atoms with van der Waals surface area (Å²) in [5.74, 6) is -1.03. The van der Waals surface area contributed by atoms with Crippen molar-refractivity contribution in [3.63, 3.8) is 0 Å². The molecule has 2 amide bonds. The predicted molar refractivity (Wildman–Crippen MR) is 155 cm³/mol. The van der Waals surface area contributed by atoms with Gasteiger partial charge in [-0.15, -0.1) is 0 Å². The number of methoxy groups -OCH3 is 1. The third-order valence-electron chi connectivity index (χ3n) is 7.39. The maximum atomic E-state index is 14.7. The van der Waals surface area contributed by atoms with Gasteiger partial charge in [0.05, 0.1) is 17.7 Å². The Morgan fingerprint density at radius 1 is 0.951 bits per heavy atom. The van der Waals surface area contributed by atoms with Crippen LogP contribution in [-0.2, 0) is 26.2 Å². The number of sulfonamides is 1. The molecule has 10 heteroatoms. The standard InChI is InChI=1S/C31H36FN3O5S/c1-23(31(37)33-25-12-5-3-6-13-25)34(21-24-11-9-10-16-29(24)32)30(36)22-35(26-14-7-4-8-15-26)41(38,39)28-19-17-27(40-2)18-20-28/h4,7-11,14-20,23,25H,3,5-6,12-13,21-22H2,1-2H3,(H,33,37)/t23-/m0/s1. The molecule has 1 aliphatic carbocycles. The van der Waals surface area contributed by atoms with E-state index >= 15 is 0 Å². The van der Waals surface area contributed by atoms with Crippen LogP contribution in [0.2, 0.25) is 0 Å². The zero-order chi connectivity index (χ0) is 29.4. The molecule has 0 aromatic heterocycles. The van der Waals surface area contributed by atoms with Gasteiger partial charge in [-0.25, -0.2) is 12.8 Å². The van der Waals surface area contributed by atoms with Crippen molar-refractivity contribution in [3.05, 3.63) is 90.2 Å². The highest BCUT2D eigenvalue weighted by atomic mass is 32.2. The van der Waals surface area contributed by atoms with Crippen LogP contribution in [0.4, 0.5) is 10.1 Å². The summed E-state index contributed by atoms with van der Waals surface area (Å²) in [7, 11) is -2.72. The molecule has 1 saturated carbocycles. The van der Waals surface area contributed by atoms with Crippen molar-refractivity contribution in [3.8, 4) is 5.75 Å². The van der Waals surface area contributed by atoms with Gasteiger partial charge < -0.3 is 15.0 Å². The van der Waals surface area contributed by atoms with Crippen LogP contribution in [0.3, 0.4) is 0 Å². The topological polar surface area (TPSA) is 96.0 Å². The molecule has 1 aliphatic rings. The lowest BCUT2D eigenvalue weighted by molar-refractivity contribution is -0.139. The highest BCUT2D eigenvalue weighted by molar-refractivity contribution is 7.92. The molecule has 3 aromatic rings. The number of carbonyl (C=O) groups is 2. The Balaban J connectivity index is 1.66. The van der Waals surface area contributed by atoms with E-state index in [0.717, 1.165) is 36.4 Å². The smallest absolute Gasteiger partial charge is 0.264 e. The fourth-order valence-corrected chi connectivity index (χ4v) is 6.37. The first-order valence-electron chi connectivity index (χ1n) is 13.8. The van der Waals surface area contributed by atoms with Gasteiger partial charge in [-0.3, -0.25) is 13.9 Å². The fourth-order valence-electron chi connectivity index (χ4n) is 4.96. The van der Waals surface area contributed by atoms with Gasteiger partial charge in [-0.1, -0.05) is 55.7 Å². The van der Waals surface area contributed by atoms with E-state index in [4.69, 9.17) is 4.74 Å². The lowest BCUT2D eigenvalue weighted by atomic mass is 9.95. The van der Waals surface area contributed by atoms with Gasteiger partial charge in [0.25, 0.3) is 10.0 Å². The number of carbonyl (C=O) groups excluding carboxylic acids is 2. The Morgan fingerprint density at radius 2 is 1.59 bits per heavy atom. The number of ether oxygens (including phenoxy) is 1. The number of nitrogens with one attached hydrogen (secondary N) is 1. The summed E-state index contributed by atoms with van der Waals surface area (Å²) in [6.45, 7) is 0.797. The molecule has 0 unspecified atom stereocenters. The third kappa shape index (κ3) is 7.43. The van der Waals surface area contributed by atoms with Crippen LogP contribution in [0, 0.1) is 5.82 Å². The van der Waals surface area contributed by atoms with Gasteiger partial charge in [-0.2, -0.15) is 0 Å². The first-order valence-corrected chi connectivity index (χ1v) is 15.2. The van der Waals surface area contributed by atoms with Gasteiger partial charge in [0.1, 0.15) is 24.2 Å². The molecule has 41 heavy (non-hydrogen) atoms. The van der Waals surface area contributed by atoms with E-state index in [9.17, 15) is 22.4 Å². The van der Waals surface area contributed by atoms with E-state index in [2.05, 4.69) is 5.32 Å². The van der Waals surface area contributed by atoms with Crippen LogP contribution in [0.15, 0.2) is 83.8 Å². The van der Waals surface area contributed by atoms with Crippen molar-refractivity contribution in [2.45, 2.75) is 62.6 Å². The highest BCUT2D eigenvalue weighted by Crippen LogP contribution is 2.26. The lowest BCUT2D eigenvalue weighted by Gasteiger charge is -2.33. The molecule has 218 valence electrons. The average Bonchev–Trinajstić information content (AvgIpc) is 3.00. The SMILES string of the molecule is COc1ccc(S(=O)(=O)N(CC(=O)N(Cc2ccccc2F)[C@@H](C)C(=O)NC2CCCCC2)c2ccccc2)cc1. The van der Waals surface area contributed by atoms with E-state index in [1.165, 1.54) is 42.3 Å². The van der Waals surface area contributed by atoms with Crippen molar-refractivity contribution >= 4 is 27.5 Å². The molecule has 0 radical (unpaired) electrons. The number of amides is 2. The summed E-state index contributed by atoms with van der Waals surface area (Å²) >= 11 is 0. The number of nitrogens with zero attached hydrogens (tertiary/aromatic N) is 2. The molecular formula is C31H36FN3O5S. The predicted octanol–water partition coefficient (Wildman–Crippen LogP) is 4.90. The van der Waals surface area contributed by atoms with Crippen molar-refractivity contribution in [1.82, 2.24) is 10.2 Å². The first-order chi connectivity index (χ1) is 19.7. The van der Waals surface area contributed by atoms with Crippen LogP contribution in [0.5, 0.6) is 5.75 Å². The monoisotopic (exact) mass is 581 g/mol. The Labute approximate surface area is 241 Å². The second kappa shape index (κ2) is 13.6. The zero-order valence-electron chi connectivity index (χ0n) is 23.3. The van der Waals surface area contributed by atoms with E-state index in [0.29, 0.717) is 5.75 Å². The molecule has 4 rings (SSSR count). The van der Waals surface area contributed by atoms with Gasteiger partial charge in [0.2, 0.25) is 11.8 Å². The van der Waals surface area contributed by atoms with E-state index in [1.807, 2.05) is 0 Å². The van der Waals surface area contributed by atoms with Gasteiger partial charge in [0.15, 0.2) is 0 Å². The fraction of sp³-hybridized carbons (Fsp3) is 0.355. The number of anilines is 1. The van der Waals surface area contributed by atoms with Crippen molar-refractivity contribution in [2.24, 2.45) is 0 Å². The van der Waals surface area contributed by atoms with Crippen LogP contribution in [0.25, 0.3) is 0 Å². The minimum atomic E-state index is -4.20. The Hall–Kier alpha value is -3.92. The molecule has 0 bridgehead atoms. The van der Waals surface area contributed by atoms with Crippen LogP contribution in [-0.4, -0.2) is 50.9 Å². The molecular weight excluding hydrogens is 545 g/mol. The molecule has 1 N–H and O–H groups in total. The molecule has 0 aliphatic heterocycles. The number of rotatable bonds is 11. The van der Waals surface area contributed by atoms with E-state index in [1.54, 1.807) is 55.5 Å². The number of hydrogen-bond donors (Lipinski definition) is 1. The van der Waals surface area contributed by atoms with Crippen molar-refractivity contribution < 1.29 is 27.1 Å². The molecule has 1 atom stereocenters. The average molecular weight is 582 g/mol. The number of benzene rings is 3. The lowest BCUT2D eigenvalue weighted by Crippen LogP contribution is -2.53. The minimum absolute atomic E-state index is 0.0142. The highest BCUT2D eigenvalue weighted by Gasteiger charge is 2.33. The van der Waals surface area contributed by atoms with Gasteiger partial charge in [0, 0.05) is 18.2 Å². The van der Waals surface area contributed by atoms with E-state index in [-0.39, 0.29) is 34.6 Å². The van der Waals surface area contributed by atoms with E-state index < -0.39 is 34.3 Å². The summed E-state index contributed by atoms with van der Waals surface area (Å²) in [6, 6.07) is 19.2. The van der Waals surface area contributed by atoms with Crippen LogP contribution in [0.1, 0.15) is 44.6 Å². The second-order valence-corrected chi connectivity index (χ2v) is 12.0. The minimum Gasteiger partial charge on any atom is -0.497 e. The number of para-hydroxylation sites is 1. The third-order valence-corrected chi connectivity index (χ3v) is 9.18. The largest absolute Gasteiger partial charge is 0.497 e. The molecule has 0 saturated heterocycles. The molecule has 1 fully saturated rings. The normalized spacial score (nSPS) is 14.6.